The molecule has 0 saturated carbocycles. The standard InChI is InChI=1S/C19H29N5O2/c1-5-21(6-2)18(25)22-11-9-15(13-22)24-17-16(8-7-10-20-17)23(19(24)26)12-14(3)4/h7-8,10,14-15H,5-6,9,11-13H2,1-4H3/t15-/m1/s1. The van der Waals surface area contributed by atoms with Gasteiger partial charge in [-0.05, 0) is 38.3 Å². The maximum absolute atomic E-state index is 13.1. The van der Waals surface area contributed by atoms with E-state index in [1.54, 1.807) is 10.8 Å². The summed E-state index contributed by atoms with van der Waals surface area (Å²) in [5, 5.41) is 0. The first-order chi connectivity index (χ1) is 12.5. The van der Waals surface area contributed by atoms with Crippen LogP contribution in [-0.2, 0) is 6.54 Å². The van der Waals surface area contributed by atoms with Gasteiger partial charge in [0, 0.05) is 38.9 Å². The highest BCUT2D eigenvalue weighted by Crippen LogP contribution is 2.25. The highest BCUT2D eigenvalue weighted by Gasteiger charge is 2.32. The fourth-order valence-electron chi connectivity index (χ4n) is 3.80. The molecule has 3 rings (SSSR count). The van der Waals surface area contributed by atoms with E-state index in [0.29, 0.717) is 38.6 Å². The van der Waals surface area contributed by atoms with Gasteiger partial charge in [-0.3, -0.25) is 9.13 Å². The van der Waals surface area contributed by atoms with Gasteiger partial charge in [0.05, 0.1) is 11.6 Å². The molecule has 1 aliphatic rings. The monoisotopic (exact) mass is 359 g/mol. The first-order valence-corrected chi connectivity index (χ1v) is 9.57. The molecule has 26 heavy (non-hydrogen) atoms. The number of likely N-dealkylation sites (tertiary alicyclic amines) is 1. The van der Waals surface area contributed by atoms with Crippen LogP contribution in [0.5, 0.6) is 0 Å². The number of hydrogen-bond donors (Lipinski definition) is 0. The van der Waals surface area contributed by atoms with Crippen LogP contribution in [0.4, 0.5) is 4.79 Å². The van der Waals surface area contributed by atoms with Crippen molar-refractivity contribution in [2.45, 2.75) is 46.7 Å². The lowest BCUT2D eigenvalue weighted by Gasteiger charge is -2.26. The molecular weight excluding hydrogens is 330 g/mol. The van der Waals surface area contributed by atoms with Crippen molar-refractivity contribution in [2.24, 2.45) is 5.92 Å². The minimum atomic E-state index is -0.0205. The molecule has 0 N–H and O–H groups in total. The fraction of sp³-hybridized carbons (Fsp3) is 0.632. The molecule has 0 aromatic carbocycles. The molecule has 2 amide bonds. The van der Waals surface area contributed by atoms with Crippen molar-refractivity contribution in [1.29, 1.82) is 0 Å². The van der Waals surface area contributed by atoms with Crippen molar-refractivity contribution in [2.75, 3.05) is 26.2 Å². The molecule has 3 heterocycles. The zero-order valence-corrected chi connectivity index (χ0v) is 16.2. The van der Waals surface area contributed by atoms with E-state index in [2.05, 4.69) is 18.8 Å². The topological polar surface area (TPSA) is 63.4 Å². The predicted molar refractivity (Wildman–Crippen MR) is 102 cm³/mol. The summed E-state index contributed by atoms with van der Waals surface area (Å²) in [6, 6.07) is 3.86. The fourth-order valence-corrected chi connectivity index (χ4v) is 3.80. The quantitative estimate of drug-likeness (QED) is 0.824. The summed E-state index contributed by atoms with van der Waals surface area (Å²) in [6.07, 6.45) is 2.51. The molecule has 0 radical (unpaired) electrons. The van der Waals surface area contributed by atoms with Gasteiger partial charge in [-0.25, -0.2) is 14.6 Å². The van der Waals surface area contributed by atoms with E-state index in [1.165, 1.54) is 0 Å². The summed E-state index contributed by atoms with van der Waals surface area (Å²) < 4.78 is 3.62. The Kier molecular flexibility index (Phi) is 5.34. The van der Waals surface area contributed by atoms with E-state index in [-0.39, 0.29) is 17.8 Å². The molecule has 0 aliphatic carbocycles. The van der Waals surface area contributed by atoms with Gasteiger partial charge in [-0.2, -0.15) is 0 Å². The number of nitrogens with zero attached hydrogens (tertiary/aromatic N) is 5. The third kappa shape index (κ3) is 3.22. The predicted octanol–water partition coefficient (Wildman–Crippen LogP) is 2.56. The lowest BCUT2D eigenvalue weighted by Crippen LogP contribution is -2.42. The Morgan fingerprint density at radius 3 is 2.73 bits per heavy atom. The summed E-state index contributed by atoms with van der Waals surface area (Å²) in [4.78, 5) is 33.9. The van der Waals surface area contributed by atoms with E-state index in [1.807, 2.05) is 40.3 Å². The van der Waals surface area contributed by atoms with Crippen LogP contribution in [0.3, 0.4) is 0 Å². The van der Waals surface area contributed by atoms with Crippen molar-refractivity contribution in [1.82, 2.24) is 23.9 Å². The molecule has 1 aliphatic heterocycles. The van der Waals surface area contributed by atoms with E-state index >= 15 is 0 Å². The highest BCUT2D eigenvalue weighted by molar-refractivity contribution is 5.75. The zero-order valence-electron chi connectivity index (χ0n) is 16.2. The maximum atomic E-state index is 13.1. The van der Waals surface area contributed by atoms with Crippen LogP contribution >= 0.6 is 0 Å². The van der Waals surface area contributed by atoms with Crippen molar-refractivity contribution in [3.8, 4) is 0 Å². The Morgan fingerprint density at radius 2 is 2.08 bits per heavy atom. The highest BCUT2D eigenvalue weighted by atomic mass is 16.2. The lowest BCUT2D eigenvalue weighted by molar-refractivity contribution is 0.166. The molecular formula is C19H29N5O2. The average Bonchev–Trinajstić information content (AvgIpc) is 3.19. The van der Waals surface area contributed by atoms with Crippen LogP contribution in [-0.4, -0.2) is 56.1 Å². The van der Waals surface area contributed by atoms with E-state index in [9.17, 15) is 9.59 Å². The smallest absolute Gasteiger partial charge is 0.325 e. The Hall–Kier alpha value is -2.31. The number of carbonyl (C=O) groups excluding carboxylic acids is 1. The van der Waals surface area contributed by atoms with Gasteiger partial charge in [-0.1, -0.05) is 13.8 Å². The second-order valence-corrected chi connectivity index (χ2v) is 7.35. The minimum absolute atomic E-state index is 0.0189. The first kappa shape index (κ1) is 18.5. The maximum Gasteiger partial charge on any atom is 0.330 e. The lowest BCUT2D eigenvalue weighted by atomic mass is 10.2. The second-order valence-electron chi connectivity index (χ2n) is 7.35. The van der Waals surface area contributed by atoms with Gasteiger partial charge < -0.3 is 9.80 Å². The Balaban J connectivity index is 1.93. The summed E-state index contributed by atoms with van der Waals surface area (Å²) in [5.74, 6) is 0.372. The van der Waals surface area contributed by atoms with Crippen LogP contribution in [0, 0.1) is 5.92 Å². The number of amides is 2. The van der Waals surface area contributed by atoms with Crippen LogP contribution in [0.15, 0.2) is 23.1 Å². The number of carbonyl (C=O) groups is 1. The van der Waals surface area contributed by atoms with Crippen molar-refractivity contribution >= 4 is 17.2 Å². The van der Waals surface area contributed by atoms with E-state index < -0.39 is 0 Å². The van der Waals surface area contributed by atoms with Gasteiger partial charge in [0.15, 0.2) is 5.65 Å². The zero-order chi connectivity index (χ0) is 18.8. The molecule has 2 aromatic heterocycles. The van der Waals surface area contributed by atoms with Crippen molar-refractivity contribution < 1.29 is 4.79 Å². The van der Waals surface area contributed by atoms with Crippen LogP contribution < -0.4 is 5.69 Å². The van der Waals surface area contributed by atoms with Crippen molar-refractivity contribution in [3.05, 3.63) is 28.8 Å². The number of rotatable bonds is 5. The Morgan fingerprint density at radius 1 is 1.35 bits per heavy atom. The van der Waals surface area contributed by atoms with Crippen LogP contribution in [0.25, 0.3) is 11.2 Å². The van der Waals surface area contributed by atoms with Gasteiger partial charge in [0.2, 0.25) is 0 Å². The summed E-state index contributed by atoms with van der Waals surface area (Å²) in [5.41, 5.74) is 1.58. The molecule has 0 bridgehead atoms. The first-order valence-electron chi connectivity index (χ1n) is 9.57. The molecule has 7 nitrogen and oxygen atoms in total. The summed E-state index contributed by atoms with van der Waals surface area (Å²) in [6.45, 7) is 11.5. The molecule has 1 fully saturated rings. The van der Waals surface area contributed by atoms with Gasteiger partial charge in [-0.15, -0.1) is 0 Å². The van der Waals surface area contributed by atoms with Gasteiger partial charge in [0.25, 0.3) is 0 Å². The molecule has 2 aromatic rings. The van der Waals surface area contributed by atoms with E-state index in [0.717, 1.165) is 17.6 Å². The van der Waals surface area contributed by atoms with Gasteiger partial charge in [0.1, 0.15) is 0 Å². The SMILES string of the molecule is CCN(CC)C(=O)N1CC[C@@H](n2c(=O)n(CC(C)C)c3cccnc32)C1. The molecule has 1 saturated heterocycles. The van der Waals surface area contributed by atoms with Gasteiger partial charge >= 0.3 is 11.7 Å². The number of hydrogen-bond acceptors (Lipinski definition) is 3. The number of urea groups is 1. The largest absolute Gasteiger partial charge is 0.330 e. The molecule has 0 spiro atoms. The Labute approximate surface area is 154 Å². The second kappa shape index (κ2) is 7.51. The normalized spacial score (nSPS) is 17.4. The number of pyridine rings is 1. The third-order valence-corrected chi connectivity index (χ3v) is 5.10. The van der Waals surface area contributed by atoms with Crippen LogP contribution in [0.2, 0.25) is 0 Å². The number of fused-ring (bicyclic) bond motifs is 1. The van der Waals surface area contributed by atoms with Crippen molar-refractivity contribution in [3.63, 3.8) is 0 Å². The Bertz CT molecular complexity index is 834. The summed E-state index contributed by atoms with van der Waals surface area (Å²) >= 11 is 0. The minimum Gasteiger partial charge on any atom is -0.325 e. The van der Waals surface area contributed by atoms with E-state index in [4.69, 9.17) is 0 Å². The molecule has 7 heteroatoms. The third-order valence-electron chi connectivity index (χ3n) is 5.10. The molecule has 142 valence electrons. The number of aromatic nitrogens is 3. The molecule has 1 atom stereocenters. The number of imidazole rings is 1. The molecule has 0 unspecified atom stereocenters. The summed E-state index contributed by atoms with van der Waals surface area (Å²) in [7, 11) is 0. The van der Waals surface area contributed by atoms with Crippen LogP contribution in [0.1, 0.15) is 40.2 Å². The average molecular weight is 359 g/mol.